The van der Waals surface area contributed by atoms with Crippen LogP contribution in [0, 0.1) is 0 Å². The zero-order valence-electron chi connectivity index (χ0n) is 10.9. The number of rotatable bonds is 3. The molecule has 2 N–H and O–H groups in total. The van der Waals surface area contributed by atoms with E-state index in [2.05, 4.69) is 0 Å². The van der Waals surface area contributed by atoms with Crippen molar-refractivity contribution >= 4 is 21.6 Å². The summed E-state index contributed by atoms with van der Waals surface area (Å²) in [5.41, 5.74) is 5.85. The second-order valence-corrected chi connectivity index (χ2v) is 7.39. The van der Waals surface area contributed by atoms with Crippen molar-refractivity contribution in [3.05, 3.63) is 29.3 Å². The Morgan fingerprint density at radius 1 is 1.21 bits per heavy atom. The molecule has 0 heterocycles. The van der Waals surface area contributed by atoms with Gasteiger partial charge in [-0.2, -0.15) is 4.31 Å². The Balaban J connectivity index is 2.23. The molecule has 0 unspecified atom stereocenters. The van der Waals surface area contributed by atoms with E-state index in [4.69, 9.17) is 17.3 Å². The van der Waals surface area contributed by atoms with E-state index in [9.17, 15) is 8.42 Å². The first-order chi connectivity index (χ1) is 8.93. The van der Waals surface area contributed by atoms with Crippen LogP contribution in [0.2, 0.25) is 5.02 Å². The van der Waals surface area contributed by atoms with Crippen molar-refractivity contribution in [3.63, 3.8) is 0 Å². The summed E-state index contributed by atoms with van der Waals surface area (Å²) >= 11 is 5.99. The van der Waals surface area contributed by atoms with Crippen molar-refractivity contribution in [1.29, 1.82) is 0 Å². The van der Waals surface area contributed by atoms with Gasteiger partial charge >= 0.3 is 0 Å². The molecule has 0 amide bonds. The lowest BCUT2D eigenvalue weighted by molar-refractivity contribution is 0.268. The van der Waals surface area contributed by atoms with Gasteiger partial charge in [-0.15, -0.1) is 0 Å². The van der Waals surface area contributed by atoms with E-state index in [1.165, 1.54) is 4.31 Å². The normalized spacial score (nSPS) is 24.6. The molecule has 1 saturated carbocycles. The van der Waals surface area contributed by atoms with Gasteiger partial charge in [0.05, 0.1) is 5.02 Å². The Morgan fingerprint density at radius 2 is 1.79 bits per heavy atom. The smallest absolute Gasteiger partial charge is 0.244 e. The van der Waals surface area contributed by atoms with Gasteiger partial charge in [0, 0.05) is 19.1 Å². The van der Waals surface area contributed by atoms with Crippen LogP contribution in [-0.2, 0) is 10.0 Å². The van der Waals surface area contributed by atoms with Crippen LogP contribution in [0.15, 0.2) is 29.2 Å². The van der Waals surface area contributed by atoms with Crippen LogP contribution in [0.5, 0.6) is 0 Å². The molecule has 1 aromatic rings. The van der Waals surface area contributed by atoms with Gasteiger partial charge in [-0.3, -0.25) is 0 Å². The molecule has 1 aromatic carbocycles. The van der Waals surface area contributed by atoms with Crippen molar-refractivity contribution < 1.29 is 8.42 Å². The highest BCUT2D eigenvalue weighted by Gasteiger charge is 2.31. The van der Waals surface area contributed by atoms with Crippen LogP contribution in [-0.4, -0.2) is 31.9 Å². The Morgan fingerprint density at radius 3 is 2.37 bits per heavy atom. The fourth-order valence-electron chi connectivity index (χ4n) is 2.47. The molecule has 0 aromatic heterocycles. The van der Waals surface area contributed by atoms with Gasteiger partial charge in [0.25, 0.3) is 0 Å². The predicted octanol–water partition coefficient (Wildman–Crippen LogP) is 2.23. The molecular formula is C13H19ClN2O2S. The minimum Gasteiger partial charge on any atom is -0.328 e. The second-order valence-electron chi connectivity index (χ2n) is 5.02. The minimum atomic E-state index is -3.53. The van der Waals surface area contributed by atoms with Crippen molar-refractivity contribution in [1.82, 2.24) is 4.31 Å². The number of halogens is 1. The monoisotopic (exact) mass is 302 g/mol. The first-order valence-corrected chi connectivity index (χ1v) is 8.23. The average molecular weight is 303 g/mol. The molecule has 0 saturated heterocycles. The minimum absolute atomic E-state index is 0.0149. The van der Waals surface area contributed by atoms with Gasteiger partial charge in [-0.05, 0) is 37.8 Å². The summed E-state index contributed by atoms with van der Waals surface area (Å²) in [5, 5.41) is 0.266. The molecule has 1 aliphatic carbocycles. The summed E-state index contributed by atoms with van der Waals surface area (Å²) in [5.74, 6) is 0. The van der Waals surface area contributed by atoms with E-state index in [-0.39, 0.29) is 22.0 Å². The Labute approximate surface area is 119 Å². The molecule has 0 bridgehead atoms. The number of benzene rings is 1. The molecule has 0 radical (unpaired) electrons. The highest BCUT2D eigenvalue weighted by Crippen LogP contribution is 2.29. The quantitative estimate of drug-likeness (QED) is 0.931. The van der Waals surface area contributed by atoms with Gasteiger partial charge in [-0.25, -0.2) is 8.42 Å². The number of hydrogen-bond donors (Lipinski definition) is 1. The summed E-state index contributed by atoms with van der Waals surface area (Å²) in [4.78, 5) is 0.175. The third-order valence-electron chi connectivity index (χ3n) is 3.75. The van der Waals surface area contributed by atoms with Gasteiger partial charge in [0.1, 0.15) is 4.90 Å². The lowest BCUT2D eigenvalue weighted by Crippen LogP contribution is -2.41. The second kappa shape index (κ2) is 5.79. The standard InChI is InChI=1S/C13H19ClN2O2S/c1-16(11-8-6-10(15)7-9-11)19(17,18)13-5-3-2-4-12(13)14/h2-5,10-11H,6-9,15H2,1H3. The van der Waals surface area contributed by atoms with Crippen molar-refractivity contribution in [2.24, 2.45) is 5.73 Å². The van der Waals surface area contributed by atoms with Crippen LogP contribution < -0.4 is 5.73 Å². The van der Waals surface area contributed by atoms with Crippen LogP contribution in [0.3, 0.4) is 0 Å². The fraction of sp³-hybridized carbons (Fsp3) is 0.538. The van der Waals surface area contributed by atoms with Crippen molar-refractivity contribution in [2.75, 3.05) is 7.05 Å². The lowest BCUT2D eigenvalue weighted by atomic mass is 9.92. The maximum atomic E-state index is 12.5. The third-order valence-corrected chi connectivity index (χ3v) is 6.16. The Hall–Kier alpha value is -0.620. The molecule has 6 heteroatoms. The molecular weight excluding hydrogens is 284 g/mol. The third kappa shape index (κ3) is 3.11. The average Bonchev–Trinajstić information content (AvgIpc) is 2.39. The van der Waals surface area contributed by atoms with Crippen LogP contribution in [0.4, 0.5) is 0 Å². The van der Waals surface area contributed by atoms with Crippen molar-refractivity contribution in [3.8, 4) is 0 Å². The molecule has 0 atom stereocenters. The molecule has 2 rings (SSSR count). The van der Waals surface area contributed by atoms with Crippen LogP contribution in [0.1, 0.15) is 25.7 Å². The van der Waals surface area contributed by atoms with E-state index in [1.807, 2.05) is 0 Å². The number of sulfonamides is 1. The maximum absolute atomic E-state index is 12.5. The lowest BCUT2D eigenvalue weighted by Gasteiger charge is -2.32. The molecule has 19 heavy (non-hydrogen) atoms. The van der Waals surface area contributed by atoms with E-state index >= 15 is 0 Å². The number of nitrogens with zero attached hydrogens (tertiary/aromatic N) is 1. The van der Waals surface area contributed by atoms with Gasteiger partial charge in [0.2, 0.25) is 10.0 Å². The van der Waals surface area contributed by atoms with E-state index < -0.39 is 10.0 Å². The fourth-order valence-corrected chi connectivity index (χ4v) is 4.38. The van der Waals surface area contributed by atoms with E-state index in [1.54, 1.807) is 31.3 Å². The highest BCUT2D eigenvalue weighted by molar-refractivity contribution is 7.89. The van der Waals surface area contributed by atoms with Gasteiger partial charge in [-0.1, -0.05) is 23.7 Å². The topological polar surface area (TPSA) is 63.4 Å². The molecule has 0 aliphatic heterocycles. The van der Waals surface area contributed by atoms with Crippen molar-refractivity contribution in [2.45, 2.75) is 42.7 Å². The largest absolute Gasteiger partial charge is 0.328 e. The van der Waals surface area contributed by atoms with Gasteiger partial charge < -0.3 is 5.73 Å². The maximum Gasteiger partial charge on any atom is 0.244 e. The van der Waals surface area contributed by atoms with E-state index in [0.717, 1.165) is 25.7 Å². The summed E-state index contributed by atoms with van der Waals surface area (Å²) < 4.78 is 26.5. The first-order valence-electron chi connectivity index (χ1n) is 6.41. The molecule has 106 valence electrons. The zero-order valence-corrected chi connectivity index (χ0v) is 12.5. The highest BCUT2D eigenvalue weighted by atomic mass is 35.5. The molecule has 4 nitrogen and oxygen atoms in total. The summed E-state index contributed by atoms with van der Waals surface area (Å²) in [6.45, 7) is 0. The zero-order chi connectivity index (χ0) is 14.0. The SMILES string of the molecule is CN(C1CCC(N)CC1)S(=O)(=O)c1ccccc1Cl. The molecule has 0 spiro atoms. The van der Waals surface area contributed by atoms with Gasteiger partial charge in [0.15, 0.2) is 0 Å². The molecule has 1 aliphatic rings. The summed E-state index contributed by atoms with van der Waals surface area (Å²) in [6, 6.07) is 6.76. The molecule has 1 fully saturated rings. The summed E-state index contributed by atoms with van der Waals surface area (Å²) in [6.07, 6.45) is 3.35. The first kappa shape index (κ1) is 14.8. The van der Waals surface area contributed by atoms with Crippen LogP contribution in [0.25, 0.3) is 0 Å². The van der Waals surface area contributed by atoms with E-state index in [0.29, 0.717) is 0 Å². The number of hydrogen-bond acceptors (Lipinski definition) is 3. The Bertz CT molecular complexity index is 539. The van der Waals surface area contributed by atoms with Crippen LogP contribution >= 0.6 is 11.6 Å². The summed E-state index contributed by atoms with van der Waals surface area (Å²) in [7, 11) is -1.90. The Kier molecular flexibility index (Phi) is 4.50. The predicted molar refractivity (Wildman–Crippen MR) is 76.6 cm³/mol. The number of nitrogens with two attached hydrogens (primary N) is 1.